The van der Waals surface area contributed by atoms with Crippen molar-refractivity contribution in [3.05, 3.63) is 72.9 Å². The van der Waals surface area contributed by atoms with Crippen molar-refractivity contribution in [3.8, 4) is 0 Å². The molecule has 0 aromatic rings. The molecule has 0 aromatic heterocycles. The van der Waals surface area contributed by atoms with E-state index >= 15 is 0 Å². The fraction of sp³-hybridized carbons (Fsp3) is 0.838. The van der Waals surface area contributed by atoms with Crippen LogP contribution in [0, 0.1) is 0 Å². The van der Waals surface area contributed by atoms with Crippen LogP contribution in [-0.2, 0) is 18.4 Å². The van der Waals surface area contributed by atoms with Crippen molar-refractivity contribution >= 4 is 13.7 Å². The molecule has 0 saturated carbocycles. The smallest absolute Gasteiger partial charge is 0.268 e. The van der Waals surface area contributed by atoms with E-state index in [2.05, 4.69) is 79.9 Å². The lowest BCUT2D eigenvalue weighted by molar-refractivity contribution is -0.870. The van der Waals surface area contributed by atoms with Crippen molar-refractivity contribution in [2.75, 3.05) is 40.9 Å². The zero-order chi connectivity index (χ0) is 64.8. The normalized spacial score (nSPS) is 13.9. The fourth-order valence-corrected chi connectivity index (χ4v) is 12.3. The number of rotatable bonds is 72. The van der Waals surface area contributed by atoms with Gasteiger partial charge in [0.25, 0.3) is 7.82 Å². The summed E-state index contributed by atoms with van der Waals surface area (Å²) >= 11 is 0. The number of amides is 1. The number of nitrogens with zero attached hydrogens (tertiary/aromatic N) is 1. The minimum absolute atomic E-state index is 0.00883. The summed E-state index contributed by atoms with van der Waals surface area (Å²) in [6.07, 6.45) is 99.3. The first-order chi connectivity index (χ1) is 43.5. The SMILES string of the molecule is CCCCCCC/C=C\C/C=C\C/C=C\CCCCCCCCCCCCCCCCCCCCCCCCCCCCC(=O)NC(COP(=O)([O-])OCC[N+](C)(C)C)C(O)/C=C/CC/C=C/CC/C=C/CCCCCCCCCCCCCCCCCC. The molecule has 3 atom stereocenters. The average Bonchev–Trinajstić information content (AvgIpc) is 3.61. The zero-order valence-corrected chi connectivity index (χ0v) is 60.8. The molecule has 9 heteroatoms. The lowest BCUT2D eigenvalue weighted by Gasteiger charge is -2.29. The number of aliphatic hydroxyl groups is 1. The maximum Gasteiger partial charge on any atom is 0.268 e. The van der Waals surface area contributed by atoms with E-state index in [4.69, 9.17) is 9.05 Å². The summed E-state index contributed by atoms with van der Waals surface area (Å²) < 4.78 is 23.5. The highest BCUT2D eigenvalue weighted by Gasteiger charge is 2.23. The second-order valence-electron chi connectivity index (χ2n) is 27.7. The second-order valence-corrected chi connectivity index (χ2v) is 29.1. The van der Waals surface area contributed by atoms with Gasteiger partial charge in [-0.05, 0) is 83.5 Å². The summed E-state index contributed by atoms with van der Waals surface area (Å²) in [5.74, 6) is -0.205. The molecule has 2 N–H and O–H groups in total. The summed E-state index contributed by atoms with van der Waals surface area (Å²) in [7, 11) is 1.25. The van der Waals surface area contributed by atoms with Crippen molar-refractivity contribution in [1.29, 1.82) is 0 Å². The van der Waals surface area contributed by atoms with Crippen LogP contribution in [0.3, 0.4) is 0 Å². The van der Waals surface area contributed by atoms with E-state index in [9.17, 15) is 19.4 Å². The molecule has 0 bridgehead atoms. The highest BCUT2D eigenvalue weighted by molar-refractivity contribution is 7.45. The summed E-state index contributed by atoms with van der Waals surface area (Å²) in [6.45, 7) is 4.66. The van der Waals surface area contributed by atoms with Crippen LogP contribution in [-0.4, -0.2) is 68.5 Å². The molecule has 1 amide bonds. The van der Waals surface area contributed by atoms with E-state index in [0.29, 0.717) is 17.4 Å². The van der Waals surface area contributed by atoms with E-state index in [1.807, 2.05) is 27.2 Å². The van der Waals surface area contributed by atoms with Gasteiger partial charge in [-0.25, -0.2) is 0 Å². The standard InChI is InChI=1S/C80H151N2O6P/c1-6-8-10-12-14-16-18-20-22-24-26-28-30-32-34-35-36-37-38-39-40-41-42-43-44-45-46-47-48-50-52-54-56-58-60-62-64-66-68-70-72-74-80(84)81-78(77-88-89(85,86)87-76-75-82(3,4)5)79(83)73-71-69-67-65-63-61-59-57-55-53-51-49-33-31-29-27-25-23-21-19-17-15-13-11-9-7-2/h18,20,24,26,30,32,55,57,63,65,71,73,78-79,83H,6-17,19,21-23,25,27-29,31,33-54,56,58-62,64,66-70,72,74-77H2,1-5H3,(H-,81,84,85,86)/b20-18-,26-24-,32-30-,57-55+,65-63+,73-71+. The Kier molecular flexibility index (Phi) is 68.6. The first kappa shape index (κ1) is 86.9. The number of phosphoric acid groups is 1. The quantitative estimate of drug-likeness (QED) is 0.0272. The Hall–Kier alpha value is -2.06. The molecule has 0 rings (SSSR count). The third-order valence-electron chi connectivity index (χ3n) is 17.6. The monoisotopic (exact) mass is 1270 g/mol. The molecule has 89 heavy (non-hydrogen) atoms. The Morgan fingerprint density at radius 3 is 0.989 bits per heavy atom. The van der Waals surface area contributed by atoms with Gasteiger partial charge in [-0.2, -0.15) is 0 Å². The molecule has 8 nitrogen and oxygen atoms in total. The van der Waals surface area contributed by atoms with Gasteiger partial charge in [-0.1, -0.05) is 363 Å². The van der Waals surface area contributed by atoms with Gasteiger partial charge in [-0.15, -0.1) is 0 Å². The number of likely N-dealkylation sites (N-methyl/N-ethyl adjacent to an activating group) is 1. The van der Waals surface area contributed by atoms with E-state index in [0.717, 1.165) is 57.8 Å². The van der Waals surface area contributed by atoms with E-state index in [1.165, 1.54) is 302 Å². The van der Waals surface area contributed by atoms with Crippen molar-refractivity contribution in [2.24, 2.45) is 0 Å². The highest BCUT2D eigenvalue weighted by Crippen LogP contribution is 2.38. The van der Waals surface area contributed by atoms with Gasteiger partial charge in [0.1, 0.15) is 13.2 Å². The summed E-state index contributed by atoms with van der Waals surface area (Å²) in [6, 6.07) is -0.913. The predicted molar refractivity (Wildman–Crippen MR) is 390 cm³/mol. The first-order valence-corrected chi connectivity index (χ1v) is 40.3. The number of carbonyl (C=O) groups is 1. The van der Waals surface area contributed by atoms with Crippen LogP contribution in [0.25, 0.3) is 0 Å². The number of nitrogens with one attached hydrogen (secondary N) is 1. The topological polar surface area (TPSA) is 108 Å². The minimum atomic E-state index is -4.62. The molecular weight excluding hydrogens is 1120 g/mol. The molecule has 0 aromatic carbocycles. The van der Waals surface area contributed by atoms with Gasteiger partial charge in [0.2, 0.25) is 5.91 Å². The predicted octanol–water partition coefficient (Wildman–Crippen LogP) is 24.7. The van der Waals surface area contributed by atoms with Crippen LogP contribution >= 0.6 is 7.82 Å². The average molecular weight is 1270 g/mol. The molecule has 0 saturated heterocycles. The molecule has 522 valence electrons. The molecule has 0 heterocycles. The van der Waals surface area contributed by atoms with Gasteiger partial charge < -0.3 is 28.8 Å². The van der Waals surface area contributed by atoms with Crippen molar-refractivity contribution < 1.29 is 32.9 Å². The molecule has 0 radical (unpaired) electrons. The second kappa shape index (κ2) is 70.3. The number of carbonyl (C=O) groups excluding carboxylic acids is 1. The third-order valence-corrected chi connectivity index (χ3v) is 18.6. The van der Waals surface area contributed by atoms with Gasteiger partial charge in [0, 0.05) is 6.42 Å². The lowest BCUT2D eigenvalue weighted by Crippen LogP contribution is -2.45. The number of hydrogen-bond acceptors (Lipinski definition) is 6. The van der Waals surface area contributed by atoms with Crippen LogP contribution in [0.2, 0.25) is 0 Å². The maximum atomic E-state index is 13.1. The van der Waals surface area contributed by atoms with Crippen LogP contribution in [0.5, 0.6) is 0 Å². The van der Waals surface area contributed by atoms with Crippen LogP contribution in [0.4, 0.5) is 0 Å². The first-order valence-electron chi connectivity index (χ1n) is 38.8. The van der Waals surface area contributed by atoms with Gasteiger partial charge in [0.15, 0.2) is 0 Å². The van der Waals surface area contributed by atoms with E-state index in [-0.39, 0.29) is 12.5 Å². The third kappa shape index (κ3) is 73.2. The Balaban J connectivity index is 3.98. The Bertz CT molecular complexity index is 1680. The number of unbranched alkanes of at least 4 members (excludes halogenated alkanes) is 49. The summed E-state index contributed by atoms with van der Waals surface area (Å²) in [5, 5.41) is 14.0. The minimum Gasteiger partial charge on any atom is -0.756 e. The van der Waals surface area contributed by atoms with Gasteiger partial charge in [0.05, 0.1) is 39.9 Å². The van der Waals surface area contributed by atoms with Gasteiger partial charge in [-0.3, -0.25) is 9.36 Å². The van der Waals surface area contributed by atoms with Crippen molar-refractivity contribution in [1.82, 2.24) is 5.32 Å². The van der Waals surface area contributed by atoms with Crippen LogP contribution in [0.15, 0.2) is 72.9 Å². The molecule has 0 aliphatic rings. The summed E-state index contributed by atoms with van der Waals surface area (Å²) in [5.41, 5.74) is 0. The zero-order valence-electron chi connectivity index (χ0n) is 59.9. The summed E-state index contributed by atoms with van der Waals surface area (Å²) in [4.78, 5) is 25.7. The number of hydrogen-bond donors (Lipinski definition) is 2. The number of aliphatic hydroxyl groups excluding tert-OH is 1. The maximum absolute atomic E-state index is 13.1. The van der Waals surface area contributed by atoms with E-state index in [1.54, 1.807) is 6.08 Å². The van der Waals surface area contributed by atoms with E-state index < -0.39 is 26.6 Å². The van der Waals surface area contributed by atoms with Crippen LogP contribution in [0.1, 0.15) is 380 Å². The number of allylic oxidation sites excluding steroid dienone is 11. The van der Waals surface area contributed by atoms with Crippen LogP contribution < -0.4 is 10.2 Å². The molecule has 3 unspecified atom stereocenters. The molecular formula is C80H151N2O6P. The molecule has 0 spiro atoms. The van der Waals surface area contributed by atoms with Gasteiger partial charge >= 0.3 is 0 Å². The molecule has 0 aliphatic heterocycles. The fourth-order valence-electron chi connectivity index (χ4n) is 11.6. The molecule has 0 fully saturated rings. The van der Waals surface area contributed by atoms with Crippen molar-refractivity contribution in [3.63, 3.8) is 0 Å². The Morgan fingerprint density at radius 1 is 0.393 bits per heavy atom. The Morgan fingerprint density at radius 2 is 0.663 bits per heavy atom. The molecule has 0 aliphatic carbocycles. The van der Waals surface area contributed by atoms with Crippen molar-refractivity contribution in [2.45, 2.75) is 392 Å². The number of phosphoric ester groups is 1. The highest BCUT2D eigenvalue weighted by atomic mass is 31.2. The lowest BCUT2D eigenvalue weighted by atomic mass is 10.0. The number of quaternary nitrogens is 1. The Labute approximate surface area is 554 Å². The largest absolute Gasteiger partial charge is 0.756 e.